The van der Waals surface area contributed by atoms with Gasteiger partial charge in [-0.3, -0.25) is 19.1 Å². The minimum absolute atomic E-state index is 0.00571. The number of carbonyl (C=O) groups is 3. The average molecular weight is 979 g/mol. The van der Waals surface area contributed by atoms with Crippen LogP contribution in [0.5, 0.6) is 5.75 Å². The van der Waals surface area contributed by atoms with Crippen LogP contribution >= 0.6 is 0 Å². The number of rotatable bonds is 14. The number of hydrogen-bond donors (Lipinski definition) is 11. The summed E-state index contributed by atoms with van der Waals surface area (Å²) in [5.41, 5.74) is 0.681. The van der Waals surface area contributed by atoms with Gasteiger partial charge in [0, 0.05) is 48.6 Å². The summed E-state index contributed by atoms with van der Waals surface area (Å²) < 4.78 is 24.7. The van der Waals surface area contributed by atoms with Crippen LogP contribution in [0.4, 0.5) is 17.1 Å². The molecular weight excluding hydrogens is 921 g/mol. The van der Waals surface area contributed by atoms with Crippen molar-refractivity contribution >= 4 is 48.0 Å². The van der Waals surface area contributed by atoms with Crippen molar-refractivity contribution < 1.29 is 79.3 Å². The van der Waals surface area contributed by atoms with Crippen molar-refractivity contribution in [2.45, 2.75) is 125 Å². The number of aliphatic hydroxyl groups is 9. The Kier molecular flexibility index (Phi) is 14.4. The second kappa shape index (κ2) is 19.9. The zero-order valence-electron chi connectivity index (χ0n) is 38.1. The fraction of sp³-hybridized carbons (Fsp3) is 0.500. The number of fused-ring (bicyclic) bond motifs is 2. The van der Waals surface area contributed by atoms with E-state index < -0.39 is 105 Å². The van der Waals surface area contributed by atoms with Gasteiger partial charge in [0.2, 0.25) is 0 Å². The van der Waals surface area contributed by atoms with E-state index >= 15 is 4.79 Å². The molecule has 4 aliphatic rings. The van der Waals surface area contributed by atoms with Crippen molar-refractivity contribution in [2.24, 2.45) is 5.92 Å². The third-order valence-corrected chi connectivity index (χ3v) is 18.3. The summed E-state index contributed by atoms with van der Waals surface area (Å²) in [5.74, 6) is -2.05. The molecule has 3 amide bonds. The topological polar surface area (TPSA) is 328 Å². The monoisotopic (exact) mass is 978 g/mol. The van der Waals surface area contributed by atoms with Gasteiger partial charge in [-0.25, -0.2) is 0 Å². The lowest BCUT2D eigenvalue weighted by Crippen LogP contribution is -2.60. The van der Waals surface area contributed by atoms with E-state index in [9.17, 15) is 55.5 Å². The fourth-order valence-electron chi connectivity index (χ4n) is 10.2. The van der Waals surface area contributed by atoms with Gasteiger partial charge in [-0.15, -0.1) is 5.10 Å². The second-order valence-corrected chi connectivity index (χ2v) is 23.2. The average Bonchev–Trinajstić information content (AvgIpc) is 3.98. The molecule has 372 valence electrons. The Balaban J connectivity index is 1.14. The number of nitrogens with one attached hydrogen (secondary N) is 2. The summed E-state index contributed by atoms with van der Waals surface area (Å²) in [5, 5.41) is 106. The van der Waals surface area contributed by atoms with E-state index in [0.717, 1.165) is 5.19 Å². The number of aliphatic hydroxyl groups excluding tert-OH is 9. The van der Waals surface area contributed by atoms with Gasteiger partial charge in [0.15, 0.2) is 30.4 Å². The van der Waals surface area contributed by atoms with Crippen LogP contribution in [-0.2, 0) is 53.7 Å². The number of nitrogens with zero attached hydrogens (tertiary/aromatic N) is 4. The minimum atomic E-state index is -2.64. The molecular formula is C46H58N6O16Si. The van der Waals surface area contributed by atoms with Crippen molar-refractivity contribution in [1.29, 1.82) is 0 Å². The van der Waals surface area contributed by atoms with Crippen LogP contribution in [0.2, 0.25) is 18.6 Å². The Morgan fingerprint density at radius 2 is 1.38 bits per heavy atom. The molecule has 8 rings (SSSR count). The van der Waals surface area contributed by atoms with E-state index in [0.29, 0.717) is 47.6 Å². The first kappa shape index (κ1) is 50.1. The molecule has 1 aromatic heterocycles. The molecule has 3 fully saturated rings. The predicted molar refractivity (Wildman–Crippen MR) is 244 cm³/mol. The molecule has 69 heavy (non-hydrogen) atoms. The van der Waals surface area contributed by atoms with E-state index in [1.807, 2.05) is 31.2 Å². The van der Waals surface area contributed by atoms with Crippen molar-refractivity contribution in [3.8, 4) is 5.75 Å². The van der Waals surface area contributed by atoms with E-state index in [-0.39, 0.29) is 30.1 Å². The number of carbonyl (C=O) groups excluding carboxylic acids is 3. The summed E-state index contributed by atoms with van der Waals surface area (Å²) in [6.07, 6.45) is -16.5. The highest BCUT2D eigenvalue weighted by molar-refractivity contribution is 6.91. The molecule has 0 radical (unpaired) electrons. The van der Waals surface area contributed by atoms with Crippen LogP contribution in [0, 0.1) is 5.92 Å². The molecule has 0 unspecified atom stereocenters. The van der Waals surface area contributed by atoms with E-state index in [4.69, 9.17) is 18.9 Å². The summed E-state index contributed by atoms with van der Waals surface area (Å²) in [6, 6.07) is 19.1. The molecule has 14 atom stereocenters. The van der Waals surface area contributed by atoms with Crippen molar-refractivity contribution in [3.63, 3.8) is 0 Å². The maximum atomic E-state index is 15.6. The molecule has 4 aromatic rings. The molecule has 23 heteroatoms. The van der Waals surface area contributed by atoms with E-state index in [1.54, 1.807) is 65.4 Å². The Morgan fingerprint density at radius 1 is 0.797 bits per heavy atom. The van der Waals surface area contributed by atoms with Gasteiger partial charge in [-0.2, -0.15) is 0 Å². The lowest BCUT2D eigenvalue weighted by atomic mass is 9.82. The maximum Gasteiger partial charge on any atom is 0.264 e. The van der Waals surface area contributed by atoms with Gasteiger partial charge >= 0.3 is 0 Å². The van der Waals surface area contributed by atoms with Gasteiger partial charge < -0.3 is 80.4 Å². The first-order valence-corrected chi connectivity index (χ1v) is 25.6. The molecule has 22 nitrogen and oxygen atoms in total. The van der Waals surface area contributed by atoms with Crippen molar-refractivity contribution in [1.82, 2.24) is 15.0 Å². The molecule has 1 spiro atoms. The summed E-state index contributed by atoms with van der Waals surface area (Å²) in [4.78, 5) is 43.9. The highest BCUT2D eigenvalue weighted by Crippen LogP contribution is 2.60. The quantitative estimate of drug-likeness (QED) is 0.0618. The fourth-order valence-corrected chi connectivity index (χ4v) is 14.3. The highest BCUT2D eigenvalue weighted by Gasteiger charge is 2.66. The number of amides is 3. The molecule has 11 N–H and O–H groups in total. The smallest absolute Gasteiger partial charge is 0.264 e. The van der Waals surface area contributed by atoms with Crippen LogP contribution in [0.25, 0.3) is 0 Å². The Hall–Kier alpha value is -5.25. The van der Waals surface area contributed by atoms with Crippen molar-refractivity contribution in [3.05, 3.63) is 89.7 Å². The molecule has 3 saturated heterocycles. The van der Waals surface area contributed by atoms with Crippen LogP contribution in [0.15, 0.2) is 72.9 Å². The van der Waals surface area contributed by atoms with E-state index in [1.165, 1.54) is 0 Å². The summed E-state index contributed by atoms with van der Waals surface area (Å²) >= 11 is 0. The zero-order valence-corrected chi connectivity index (χ0v) is 39.1. The number of methoxy groups -OCH3 is 1. The van der Waals surface area contributed by atoms with Crippen LogP contribution in [0.3, 0.4) is 0 Å². The van der Waals surface area contributed by atoms with Gasteiger partial charge in [-0.05, 0) is 60.0 Å². The Morgan fingerprint density at radius 3 is 1.96 bits per heavy atom. The maximum absolute atomic E-state index is 15.6. The number of aromatic nitrogens is 3. The number of benzene rings is 3. The van der Waals surface area contributed by atoms with Crippen molar-refractivity contribution in [2.75, 3.05) is 29.3 Å². The third kappa shape index (κ3) is 9.31. The highest BCUT2D eigenvalue weighted by atomic mass is 28.3. The Labute approximate surface area is 396 Å². The third-order valence-electron chi connectivity index (χ3n) is 14.0. The molecule has 0 saturated carbocycles. The first-order valence-electron chi connectivity index (χ1n) is 22.6. The lowest BCUT2D eigenvalue weighted by molar-refractivity contribution is -0.274. The zero-order chi connectivity index (χ0) is 49.7. The molecule has 3 aromatic carbocycles. The molecule has 0 aliphatic carbocycles. The molecule has 5 heterocycles. The van der Waals surface area contributed by atoms with Gasteiger partial charge in [0.25, 0.3) is 17.7 Å². The molecule has 0 bridgehead atoms. The normalized spacial score (nSPS) is 32.3. The van der Waals surface area contributed by atoms with Gasteiger partial charge in [0.1, 0.15) is 42.4 Å². The standard InChI is InChI=1S/C46H58N6O16Si/c1-22-40(69(3,4)28-12-10-27(65-2)11-13-28)31(15-17-51-21-26(16-18-53)49-50-51)68-46(22)29-19-25(48-42(61)39-35(57)33(55)37(59)44(63)67-39)9-14-30(29)52(45(46)64)20-23-5-7-24(8-6-23)47-41(60)38-34(56)32(54)36(58)43(62)66-38/h5-14,19,21-22,31-40,43-44,53-59,62-63H,15-18,20H2,1-4H3,(H,47,60)(H,48,61)/t22-,31+,32-,33-,34-,35-,36+,37+,38-,39-,40-,43+,44+,46+/m0/s1. The summed E-state index contributed by atoms with van der Waals surface area (Å²) in [6.45, 7) is 6.70. The first-order chi connectivity index (χ1) is 32.8. The van der Waals surface area contributed by atoms with Crippen LogP contribution < -0.4 is 25.5 Å². The number of hydrogen-bond acceptors (Lipinski definition) is 18. The number of aryl methyl sites for hydroxylation is 1. The van der Waals surface area contributed by atoms with Crippen LogP contribution in [0.1, 0.15) is 30.2 Å². The SMILES string of the molecule is COc1ccc([Si](C)(C)[C@@H]2[C@@H](CCn3cc(CCO)nn3)O[C@]3(C(=O)N(Cc4ccc(NC(=O)[C@H]5O[C@@H](O)[C@H](O)[C@@H](O)[C@@H]5O)cc4)c4ccc(NC(=O)[C@H]5O[C@@H](O)[C@H](O)[C@@H](O)[C@@H]5O)cc43)[C@H]2C)cc1. The minimum Gasteiger partial charge on any atom is -0.497 e. The lowest BCUT2D eigenvalue weighted by Gasteiger charge is -2.37. The van der Waals surface area contributed by atoms with Crippen LogP contribution in [-0.4, -0.2) is 168 Å². The summed E-state index contributed by atoms with van der Waals surface area (Å²) in [7, 11) is -1.05. The number of ether oxygens (including phenoxy) is 4. The van der Waals surface area contributed by atoms with E-state index in [2.05, 4.69) is 34.0 Å². The van der Waals surface area contributed by atoms with Gasteiger partial charge in [0.05, 0.1) is 39.2 Å². The largest absolute Gasteiger partial charge is 0.497 e. The predicted octanol–water partition coefficient (Wildman–Crippen LogP) is -1.85. The Bertz CT molecular complexity index is 2500. The number of anilines is 3. The molecule has 4 aliphatic heterocycles. The van der Waals surface area contributed by atoms with Gasteiger partial charge in [-0.1, -0.05) is 54.7 Å². The second-order valence-electron chi connectivity index (χ2n) is 18.5.